The highest BCUT2D eigenvalue weighted by Crippen LogP contribution is 2.36. The Morgan fingerprint density at radius 3 is 2.19 bits per heavy atom. The van der Waals surface area contributed by atoms with Crippen LogP contribution in [-0.2, 0) is 33.8 Å². The number of β-amino-alcohol motifs (C(OH)–C–C–N with tert-alkyl or cyclic N) is 1. The van der Waals surface area contributed by atoms with E-state index in [-0.39, 0.29) is 47.5 Å². The average Bonchev–Trinajstić information content (AvgIpc) is 2.95. The molecular formula is C32H39F3N2O5S. The second-order valence-electron chi connectivity index (χ2n) is 11.3. The van der Waals surface area contributed by atoms with Crippen LogP contribution in [0, 0.1) is 0 Å². The molecule has 3 rings (SSSR count). The van der Waals surface area contributed by atoms with Crippen molar-refractivity contribution in [2.45, 2.75) is 68.7 Å². The van der Waals surface area contributed by atoms with E-state index in [1.165, 1.54) is 24.7 Å². The molecule has 234 valence electrons. The maximum Gasteiger partial charge on any atom is 0.416 e. The molecule has 0 saturated heterocycles. The van der Waals surface area contributed by atoms with E-state index in [1.807, 2.05) is 32.0 Å². The molecule has 0 heterocycles. The molecule has 0 bridgehead atoms. The van der Waals surface area contributed by atoms with Crippen LogP contribution in [0.2, 0.25) is 0 Å². The minimum Gasteiger partial charge on any atom is -0.481 e. The molecular weight excluding hydrogens is 581 g/mol. The second-order valence-corrected chi connectivity index (χ2v) is 13.4. The molecule has 3 aromatic rings. The monoisotopic (exact) mass is 620 g/mol. The van der Waals surface area contributed by atoms with Gasteiger partial charge in [-0.3, -0.25) is 4.79 Å². The van der Waals surface area contributed by atoms with E-state index < -0.39 is 33.8 Å². The Labute approximate surface area is 251 Å². The number of aliphatic carboxylic acids is 1. The number of carboxylic acid groups (broad SMARTS) is 1. The van der Waals surface area contributed by atoms with Crippen molar-refractivity contribution < 1.29 is 36.6 Å². The SMILES string of the molecule is CN(C[C@@H](O)CNC(C)(C)CCCc1ccccc1)S(=O)(=O)c1ccc(C(F)(F)F)cc1-c1ccc(CCC(=O)O)cc1. The smallest absolute Gasteiger partial charge is 0.416 e. The van der Waals surface area contributed by atoms with E-state index in [0.29, 0.717) is 5.56 Å². The Kier molecular flexibility index (Phi) is 11.5. The lowest BCUT2D eigenvalue weighted by Gasteiger charge is -2.29. The highest BCUT2D eigenvalue weighted by Gasteiger charge is 2.34. The number of hydrogen-bond donors (Lipinski definition) is 3. The van der Waals surface area contributed by atoms with Crippen molar-refractivity contribution in [3.8, 4) is 11.1 Å². The van der Waals surface area contributed by atoms with Gasteiger partial charge in [0.15, 0.2) is 0 Å². The first kappa shape index (κ1) is 34.2. The third-order valence-electron chi connectivity index (χ3n) is 7.28. The first-order valence-electron chi connectivity index (χ1n) is 14.0. The Hall–Kier alpha value is -3.25. The van der Waals surface area contributed by atoms with Gasteiger partial charge in [0.1, 0.15) is 0 Å². The Morgan fingerprint density at radius 1 is 0.953 bits per heavy atom. The van der Waals surface area contributed by atoms with Crippen molar-refractivity contribution in [1.82, 2.24) is 9.62 Å². The van der Waals surface area contributed by atoms with Gasteiger partial charge < -0.3 is 15.5 Å². The quantitative estimate of drug-likeness (QED) is 0.200. The van der Waals surface area contributed by atoms with Gasteiger partial charge in [-0.05, 0) is 74.4 Å². The van der Waals surface area contributed by atoms with Crippen molar-refractivity contribution in [2.24, 2.45) is 0 Å². The fraction of sp³-hybridized carbons (Fsp3) is 0.406. The molecule has 0 fully saturated rings. The molecule has 43 heavy (non-hydrogen) atoms. The van der Waals surface area contributed by atoms with Gasteiger partial charge in [-0.25, -0.2) is 8.42 Å². The summed E-state index contributed by atoms with van der Waals surface area (Å²) in [6.45, 7) is 3.86. The maximum atomic E-state index is 13.6. The molecule has 0 unspecified atom stereocenters. The molecule has 0 aliphatic rings. The van der Waals surface area contributed by atoms with Crippen LogP contribution in [0.4, 0.5) is 13.2 Å². The largest absolute Gasteiger partial charge is 0.481 e. The molecule has 0 spiro atoms. The van der Waals surface area contributed by atoms with Crippen molar-refractivity contribution in [3.05, 3.63) is 89.5 Å². The van der Waals surface area contributed by atoms with Crippen LogP contribution in [-0.4, -0.2) is 60.7 Å². The van der Waals surface area contributed by atoms with E-state index >= 15 is 0 Å². The Bertz CT molecular complexity index is 1460. The summed E-state index contributed by atoms with van der Waals surface area (Å²) >= 11 is 0. The number of alkyl halides is 3. The zero-order chi connectivity index (χ0) is 31.8. The van der Waals surface area contributed by atoms with Crippen molar-refractivity contribution in [1.29, 1.82) is 0 Å². The standard InChI is InChI=1S/C32H39F3N2O5S/c1-31(2,19-7-10-23-8-5-4-6-9-23)36-21-27(38)22-37(3)43(41,42)29-17-16-26(32(33,34)35)20-28(29)25-14-11-24(12-15-25)13-18-30(39)40/h4-6,8-9,11-12,14-17,20,27,36,38H,7,10,13,18-19,21-22H2,1-3H3,(H,39,40)/t27-/m0/s1. The van der Waals surface area contributed by atoms with Crippen LogP contribution in [0.5, 0.6) is 0 Å². The van der Waals surface area contributed by atoms with Gasteiger partial charge in [0.25, 0.3) is 0 Å². The first-order valence-corrected chi connectivity index (χ1v) is 15.5. The number of nitrogens with one attached hydrogen (secondary N) is 1. The highest BCUT2D eigenvalue weighted by atomic mass is 32.2. The maximum absolute atomic E-state index is 13.6. The van der Waals surface area contributed by atoms with Crippen LogP contribution in [0.15, 0.2) is 77.7 Å². The molecule has 0 aliphatic heterocycles. The highest BCUT2D eigenvalue weighted by molar-refractivity contribution is 7.89. The molecule has 0 aromatic heterocycles. The third-order valence-corrected chi connectivity index (χ3v) is 9.16. The molecule has 3 aromatic carbocycles. The van der Waals surface area contributed by atoms with Gasteiger partial charge in [-0.15, -0.1) is 0 Å². The van der Waals surface area contributed by atoms with E-state index in [0.717, 1.165) is 41.8 Å². The fourth-order valence-electron chi connectivity index (χ4n) is 4.75. The molecule has 3 N–H and O–H groups in total. The minimum atomic E-state index is -4.69. The van der Waals surface area contributed by atoms with Gasteiger partial charge in [-0.1, -0.05) is 54.6 Å². The number of nitrogens with zero attached hydrogens (tertiary/aromatic N) is 1. The van der Waals surface area contributed by atoms with Gasteiger partial charge >= 0.3 is 12.1 Å². The number of aliphatic hydroxyl groups is 1. The lowest BCUT2D eigenvalue weighted by Crippen LogP contribution is -2.46. The van der Waals surface area contributed by atoms with Crippen LogP contribution in [0.1, 0.15) is 49.8 Å². The molecule has 0 amide bonds. The number of aliphatic hydroxyl groups excluding tert-OH is 1. The molecule has 0 saturated carbocycles. The summed E-state index contributed by atoms with van der Waals surface area (Å²) in [6.07, 6.45) is -2.99. The van der Waals surface area contributed by atoms with Gasteiger partial charge in [-0.2, -0.15) is 17.5 Å². The topological polar surface area (TPSA) is 107 Å². The molecule has 11 heteroatoms. The zero-order valence-electron chi connectivity index (χ0n) is 24.6. The average molecular weight is 621 g/mol. The summed E-state index contributed by atoms with van der Waals surface area (Å²) in [7, 11) is -3.03. The van der Waals surface area contributed by atoms with E-state index in [9.17, 15) is 31.5 Å². The summed E-state index contributed by atoms with van der Waals surface area (Å²) in [4.78, 5) is 10.5. The van der Waals surface area contributed by atoms with Crippen LogP contribution in [0.25, 0.3) is 11.1 Å². The van der Waals surface area contributed by atoms with Gasteiger partial charge in [0.05, 0.1) is 16.6 Å². The zero-order valence-corrected chi connectivity index (χ0v) is 25.4. The second kappa shape index (κ2) is 14.5. The van der Waals surface area contributed by atoms with E-state index in [4.69, 9.17) is 5.11 Å². The summed E-state index contributed by atoms with van der Waals surface area (Å²) in [5, 5.41) is 22.9. The number of carbonyl (C=O) groups is 1. The lowest BCUT2D eigenvalue weighted by atomic mass is 9.95. The molecule has 1 atom stereocenters. The fourth-order valence-corrected chi connectivity index (χ4v) is 6.15. The van der Waals surface area contributed by atoms with Crippen LogP contribution >= 0.6 is 0 Å². The number of carboxylic acids is 1. The summed E-state index contributed by atoms with van der Waals surface area (Å²) in [5.41, 5.74) is 0.665. The van der Waals surface area contributed by atoms with Crippen molar-refractivity contribution in [3.63, 3.8) is 0 Å². The third kappa shape index (κ3) is 10.2. The van der Waals surface area contributed by atoms with Crippen LogP contribution < -0.4 is 5.32 Å². The Balaban J connectivity index is 1.72. The normalized spacial score (nSPS) is 13.3. The number of sulfonamides is 1. The molecule has 7 nitrogen and oxygen atoms in total. The molecule has 0 aliphatic carbocycles. The van der Waals surface area contributed by atoms with Crippen molar-refractivity contribution in [2.75, 3.05) is 20.1 Å². The minimum absolute atomic E-state index is 0.116. The van der Waals surface area contributed by atoms with Crippen LogP contribution in [0.3, 0.4) is 0 Å². The summed E-state index contributed by atoms with van der Waals surface area (Å²) in [5.74, 6) is -0.984. The summed E-state index contributed by atoms with van der Waals surface area (Å²) < 4.78 is 68.8. The van der Waals surface area contributed by atoms with E-state index in [2.05, 4.69) is 17.4 Å². The van der Waals surface area contributed by atoms with Crippen molar-refractivity contribution >= 4 is 16.0 Å². The summed E-state index contributed by atoms with van der Waals surface area (Å²) in [6, 6.07) is 18.6. The lowest BCUT2D eigenvalue weighted by molar-refractivity contribution is -0.138. The predicted molar refractivity (Wildman–Crippen MR) is 160 cm³/mol. The Morgan fingerprint density at radius 2 is 1.58 bits per heavy atom. The van der Waals surface area contributed by atoms with Gasteiger partial charge in [0.2, 0.25) is 10.0 Å². The predicted octanol–water partition coefficient (Wildman–Crippen LogP) is 5.76. The molecule has 0 radical (unpaired) electrons. The number of hydrogen-bond acceptors (Lipinski definition) is 5. The van der Waals surface area contributed by atoms with Gasteiger partial charge in [0, 0.05) is 37.7 Å². The first-order chi connectivity index (χ1) is 20.1. The number of aryl methyl sites for hydroxylation is 2. The number of likely N-dealkylation sites (N-methyl/N-ethyl adjacent to an activating group) is 1. The number of rotatable bonds is 15. The number of halogens is 3. The number of benzene rings is 3. The van der Waals surface area contributed by atoms with E-state index in [1.54, 1.807) is 12.1 Å².